The topological polar surface area (TPSA) is 64.3 Å². The lowest BCUT2D eigenvalue weighted by molar-refractivity contribution is 0.0602. The summed E-state index contributed by atoms with van der Waals surface area (Å²) in [4.78, 5) is 11.7. The van der Waals surface area contributed by atoms with E-state index in [-0.39, 0.29) is 0 Å². The fourth-order valence-corrected chi connectivity index (χ4v) is 1.92. The van der Waals surface area contributed by atoms with Gasteiger partial charge < -0.3 is 15.8 Å². The summed E-state index contributed by atoms with van der Waals surface area (Å²) in [6.45, 7) is 0.574. The average molecular weight is 291 g/mol. The van der Waals surface area contributed by atoms with Gasteiger partial charge in [0, 0.05) is 22.9 Å². The van der Waals surface area contributed by atoms with Crippen molar-refractivity contribution in [1.29, 1.82) is 0 Å². The van der Waals surface area contributed by atoms with Crippen molar-refractivity contribution >= 4 is 28.9 Å². The number of anilines is 2. The molecule has 2 aromatic rings. The fourth-order valence-electron chi connectivity index (χ4n) is 1.79. The quantitative estimate of drug-likeness (QED) is 0.670. The SMILES string of the molecule is COC(=O)c1cc(N)ccc1NCc1ccc(Cl)cc1. The number of nitrogens with one attached hydrogen (secondary N) is 1. The molecule has 0 amide bonds. The summed E-state index contributed by atoms with van der Waals surface area (Å²) in [6.07, 6.45) is 0. The van der Waals surface area contributed by atoms with Gasteiger partial charge in [-0.3, -0.25) is 0 Å². The third-order valence-corrected chi connectivity index (χ3v) is 3.10. The van der Waals surface area contributed by atoms with E-state index in [0.717, 1.165) is 5.56 Å². The van der Waals surface area contributed by atoms with Crippen molar-refractivity contribution in [2.75, 3.05) is 18.2 Å². The monoisotopic (exact) mass is 290 g/mol. The van der Waals surface area contributed by atoms with E-state index in [1.807, 2.05) is 24.3 Å². The Hall–Kier alpha value is -2.20. The molecule has 0 spiro atoms. The molecule has 0 atom stereocenters. The predicted octanol–water partition coefficient (Wildman–Crippen LogP) is 3.32. The second-order valence-corrected chi connectivity index (χ2v) is 4.71. The summed E-state index contributed by atoms with van der Waals surface area (Å²) in [6, 6.07) is 12.6. The Balaban J connectivity index is 2.16. The van der Waals surface area contributed by atoms with Gasteiger partial charge in [0.15, 0.2) is 0 Å². The van der Waals surface area contributed by atoms with E-state index >= 15 is 0 Å². The molecule has 0 radical (unpaired) electrons. The molecule has 2 rings (SSSR count). The second kappa shape index (κ2) is 6.30. The summed E-state index contributed by atoms with van der Waals surface area (Å²) >= 11 is 5.84. The Bertz CT molecular complexity index is 612. The van der Waals surface area contributed by atoms with Crippen LogP contribution in [0.25, 0.3) is 0 Å². The van der Waals surface area contributed by atoms with Crippen molar-refractivity contribution in [3.63, 3.8) is 0 Å². The molecule has 0 unspecified atom stereocenters. The molecule has 5 heteroatoms. The van der Waals surface area contributed by atoms with Crippen LogP contribution in [-0.2, 0) is 11.3 Å². The van der Waals surface area contributed by atoms with Gasteiger partial charge in [0.25, 0.3) is 0 Å². The number of nitrogen functional groups attached to an aromatic ring is 1. The van der Waals surface area contributed by atoms with Crippen LogP contribution in [0.3, 0.4) is 0 Å². The molecule has 20 heavy (non-hydrogen) atoms. The number of hydrogen-bond acceptors (Lipinski definition) is 4. The van der Waals surface area contributed by atoms with Crippen molar-refractivity contribution in [2.45, 2.75) is 6.54 Å². The number of methoxy groups -OCH3 is 1. The minimum Gasteiger partial charge on any atom is -0.465 e. The van der Waals surface area contributed by atoms with Crippen molar-refractivity contribution in [1.82, 2.24) is 0 Å². The molecule has 0 aliphatic heterocycles. The summed E-state index contributed by atoms with van der Waals surface area (Å²) in [5.41, 5.74) is 8.37. The number of halogens is 1. The smallest absolute Gasteiger partial charge is 0.340 e. The van der Waals surface area contributed by atoms with E-state index in [9.17, 15) is 4.79 Å². The number of ether oxygens (including phenoxy) is 1. The number of carbonyl (C=O) groups is 1. The molecule has 3 N–H and O–H groups in total. The first kappa shape index (κ1) is 14.2. The lowest BCUT2D eigenvalue weighted by Gasteiger charge is -2.11. The minimum absolute atomic E-state index is 0.418. The maximum Gasteiger partial charge on any atom is 0.340 e. The van der Waals surface area contributed by atoms with Gasteiger partial charge in [-0.25, -0.2) is 4.79 Å². The van der Waals surface area contributed by atoms with Gasteiger partial charge in [0.2, 0.25) is 0 Å². The highest BCUT2D eigenvalue weighted by atomic mass is 35.5. The molecule has 0 heterocycles. The Morgan fingerprint density at radius 2 is 1.95 bits per heavy atom. The molecule has 2 aromatic carbocycles. The molecule has 0 bridgehead atoms. The predicted molar refractivity (Wildman–Crippen MR) is 81.0 cm³/mol. The third-order valence-electron chi connectivity index (χ3n) is 2.85. The molecule has 0 fully saturated rings. The van der Waals surface area contributed by atoms with Crippen molar-refractivity contribution < 1.29 is 9.53 Å². The van der Waals surface area contributed by atoms with Crippen molar-refractivity contribution in [2.24, 2.45) is 0 Å². The Labute approximate surface area is 122 Å². The summed E-state index contributed by atoms with van der Waals surface area (Å²) < 4.78 is 4.75. The number of benzene rings is 2. The zero-order valence-electron chi connectivity index (χ0n) is 11.0. The third kappa shape index (κ3) is 3.42. The Morgan fingerprint density at radius 1 is 1.25 bits per heavy atom. The van der Waals surface area contributed by atoms with Gasteiger partial charge in [-0.05, 0) is 35.9 Å². The second-order valence-electron chi connectivity index (χ2n) is 4.28. The van der Waals surface area contributed by atoms with Gasteiger partial charge in [-0.1, -0.05) is 23.7 Å². The Kier molecular flexibility index (Phi) is 4.48. The highest BCUT2D eigenvalue weighted by molar-refractivity contribution is 6.30. The van der Waals surface area contributed by atoms with E-state index in [1.54, 1.807) is 18.2 Å². The van der Waals surface area contributed by atoms with Crippen LogP contribution in [0.5, 0.6) is 0 Å². The summed E-state index contributed by atoms with van der Waals surface area (Å²) in [5.74, 6) is -0.420. The highest BCUT2D eigenvalue weighted by Crippen LogP contribution is 2.21. The van der Waals surface area contributed by atoms with E-state index in [0.29, 0.717) is 28.5 Å². The zero-order chi connectivity index (χ0) is 14.5. The van der Waals surface area contributed by atoms with Gasteiger partial charge in [0.1, 0.15) is 0 Å². The van der Waals surface area contributed by atoms with Crippen LogP contribution in [-0.4, -0.2) is 13.1 Å². The average Bonchev–Trinajstić information content (AvgIpc) is 2.46. The number of rotatable bonds is 4. The molecule has 0 aliphatic carbocycles. The maximum atomic E-state index is 11.7. The maximum absolute atomic E-state index is 11.7. The van der Waals surface area contributed by atoms with Crippen molar-refractivity contribution in [3.05, 3.63) is 58.6 Å². The van der Waals surface area contributed by atoms with Gasteiger partial charge in [-0.15, -0.1) is 0 Å². The van der Waals surface area contributed by atoms with Crippen LogP contribution in [0, 0.1) is 0 Å². The summed E-state index contributed by atoms with van der Waals surface area (Å²) in [5, 5.41) is 3.88. The zero-order valence-corrected chi connectivity index (χ0v) is 11.8. The van der Waals surface area contributed by atoms with Crippen LogP contribution >= 0.6 is 11.6 Å². The standard InChI is InChI=1S/C15H15ClN2O2/c1-20-15(19)13-8-12(17)6-7-14(13)18-9-10-2-4-11(16)5-3-10/h2-8,18H,9,17H2,1H3. The molecule has 0 saturated carbocycles. The first-order chi connectivity index (χ1) is 9.60. The first-order valence-electron chi connectivity index (χ1n) is 6.06. The van der Waals surface area contributed by atoms with E-state index in [2.05, 4.69) is 5.32 Å². The van der Waals surface area contributed by atoms with Crippen LogP contribution in [0.1, 0.15) is 15.9 Å². The number of carbonyl (C=O) groups excluding carboxylic acids is 1. The highest BCUT2D eigenvalue weighted by Gasteiger charge is 2.12. The summed E-state index contributed by atoms with van der Waals surface area (Å²) in [7, 11) is 1.34. The molecule has 0 aliphatic rings. The largest absolute Gasteiger partial charge is 0.465 e. The van der Waals surface area contributed by atoms with Crippen molar-refractivity contribution in [3.8, 4) is 0 Å². The first-order valence-corrected chi connectivity index (χ1v) is 6.44. The van der Waals surface area contributed by atoms with E-state index in [4.69, 9.17) is 22.1 Å². The van der Waals surface area contributed by atoms with Gasteiger partial charge in [-0.2, -0.15) is 0 Å². The number of esters is 1. The van der Waals surface area contributed by atoms with Crippen LogP contribution < -0.4 is 11.1 Å². The van der Waals surface area contributed by atoms with E-state index < -0.39 is 5.97 Å². The van der Waals surface area contributed by atoms with E-state index in [1.165, 1.54) is 7.11 Å². The van der Waals surface area contributed by atoms with Crippen LogP contribution in [0.4, 0.5) is 11.4 Å². The molecular formula is C15H15ClN2O2. The fraction of sp³-hybridized carbons (Fsp3) is 0.133. The molecule has 4 nitrogen and oxygen atoms in total. The molecular weight excluding hydrogens is 276 g/mol. The number of nitrogens with two attached hydrogens (primary N) is 1. The minimum atomic E-state index is -0.420. The normalized spacial score (nSPS) is 10.1. The Morgan fingerprint density at radius 3 is 2.60 bits per heavy atom. The molecule has 104 valence electrons. The molecule has 0 aromatic heterocycles. The number of hydrogen-bond donors (Lipinski definition) is 2. The lowest BCUT2D eigenvalue weighted by Crippen LogP contribution is -2.09. The molecule has 0 saturated heterocycles. The van der Waals surface area contributed by atoms with Gasteiger partial charge >= 0.3 is 5.97 Å². The lowest BCUT2D eigenvalue weighted by atomic mass is 10.1. The van der Waals surface area contributed by atoms with Crippen LogP contribution in [0.15, 0.2) is 42.5 Å². The van der Waals surface area contributed by atoms with Gasteiger partial charge in [0.05, 0.1) is 12.7 Å². The van der Waals surface area contributed by atoms with Crippen LogP contribution in [0.2, 0.25) is 5.02 Å².